The molecule has 0 atom stereocenters. The molecule has 0 N–H and O–H groups in total. The third-order valence-electron chi connectivity index (χ3n) is 0. The van der Waals surface area contributed by atoms with Crippen molar-refractivity contribution in [2.24, 2.45) is 0 Å². The van der Waals surface area contributed by atoms with Crippen molar-refractivity contribution >= 4 is 0 Å². The first-order valence-corrected chi connectivity index (χ1v) is 0. The van der Waals surface area contributed by atoms with Crippen molar-refractivity contribution in [3.8, 4) is 0 Å². The molecule has 0 aliphatic heterocycles. The van der Waals surface area contributed by atoms with Gasteiger partial charge in [0.2, 0.25) is 0 Å². The Labute approximate surface area is 102 Å². The van der Waals surface area contributed by atoms with E-state index in [-0.39, 0.29) is 103 Å². The molecule has 0 aromatic heterocycles. The van der Waals surface area contributed by atoms with E-state index in [1.54, 1.807) is 0 Å². The standard InChI is InChI=1S/Fe.Mn.5O.Ti.Zn/q2*+2;5*-2;+4;+2. The van der Waals surface area contributed by atoms with Crippen LogP contribution in [0.15, 0.2) is 0 Å². The second-order valence-electron chi connectivity index (χ2n) is 0. The molecule has 9 heavy (non-hydrogen) atoms. The van der Waals surface area contributed by atoms with Crippen molar-refractivity contribution in [2.75, 3.05) is 0 Å². The van der Waals surface area contributed by atoms with E-state index in [0.717, 1.165) is 0 Å². The molecule has 0 fully saturated rings. The van der Waals surface area contributed by atoms with Gasteiger partial charge in [-0.1, -0.05) is 0 Å². The van der Waals surface area contributed by atoms with E-state index in [4.69, 9.17) is 0 Å². The molecule has 0 aliphatic carbocycles. The molecule has 9 heteroatoms. The van der Waals surface area contributed by atoms with Crippen LogP contribution in [0.5, 0.6) is 0 Å². The Morgan fingerprint density at radius 2 is 0.556 bits per heavy atom. The number of hydrogen-bond donors (Lipinski definition) is 0. The molecule has 0 unspecified atom stereocenters. The van der Waals surface area contributed by atoms with Gasteiger partial charge in [-0.3, -0.25) is 0 Å². The molecule has 0 saturated heterocycles. The molecule has 0 aromatic rings. The first-order valence-electron chi connectivity index (χ1n) is 0. The van der Waals surface area contributed by atoms with E-state index < -0.39 is 0 Å². The topological polar surface area (TPSA) is 142 Å². The van der Waals surface area contributed by atoms with Gasteiger partial charge < -0.3 is 27.4 Å². The van der Waals surface area contributed by atoms with Crippen molar-refractivity contribution in [2.45, 2.75) is 0 Å². The quantitative estimate of drug-likeness (QED) is 0.526. The molecule has 1 radical (unpaired) electrons. The average molecular weight is 304 g/mol. The van der Waals surface area contributed by atoms with Crippen LogP contribution in [-0.4, -0.2) is 0 Å². The van der Waals surface area contributed by atoms with Crippen LogP contribution < -0.4 is 0 Å². The fourth-order valence-electron chi connectivity index (χ4n) is 0. The molecule has 5 nitrogen and oxygen atoms in total. The second kappa shape index (κ2) is 181. The summed E-state index contributed by atoms with van der Waals surface area (Å²) in [6.07, 6.45) is 0. The van der Waals surface area contributed by atoms with E-state index in [1.165, 1.54) is 0 Å². The molecule has 51 valence electrons. The third kappa shape index (κ3) is 144. The van der Waals surface area contributed by atoms with Crippen LogP contribution in [0.1, 0.15) is 0 Å². The first kappa shape index (κ1) is 244. The van der Waals surface area contributed by atoms with Crippen LogP contribution >= 0.6 is 0 Å². The smallest absolute Gasteiger partial charge is 2.00 e. The van der Waals surface area contributed by atoms with Crippen LogP contribution in [0, 0.1) is 0 Å². The van der Waals surface area contributed by atoms with Crippen LogP contribution in [0.2, 0.25) is 0 Å². The summed E-state index contributed by atoms with van der Waals surface area (Å²) in [6, 6.07) is 0. The van der Waals surface area contributed by atoms with E-state index in [2.05, 4.69) is 0 Å². The van der Waals surface area contributed by atoms with Gasteiger partial charge >= 0.3 is 75.3 Å². The van der Waals surface area contributed by atoms with Crippen molar-refractivity contribution in [1.29, 1.82) is 0 Å². The number of rotatable bonds is 0. The average Bonchev–Trinajstić information content (AvgIpc) is 0. The zero-order valence-electron chi connectivity index (χ0n) is 3.98. The maximum Gasteiger partial charge on any atom is 4.00 e. The minimum atomic E-state index is 0. The van der Waals surface area contributed by atoms with Crippen molar-refractivity contribution < 1.29 is 103 Å². The maximum atomic E-state index is 0. The molecule has 0 bridgehead atoms. The van der Waals surface area contributed by atoms with Crippen molar-refractivity contribution in [3.05, 3.63) is 0 Å². The van der Waals surface area contributed by atoms with Gasteiger partial charge in [0.25, 0.3) is 0 Å². The molecule has 0 spiro atoms. The Bertz CT molecular complexity index is 16.9. The maximum absolute atomic E-state index is 0. The minimum Gasteiger partial charge on any atom is -2.00 e. The summed E-state index contributed by atoms with van der Waals surface area (Å²) in [4.78, 5) is 0. The Balaban J connectivity index is 0. The Morgan fingerprint density at radius 3 is 0.556 bits per heavy atom. The van der Waals surface area contributed by atoms with Gasteiger partial charge in [-0.25, -0.2) is 0 Å². The van der Waals surface area contributed by atoms with E-state index >= 15 is 0 Å². The van der Waals surface area contributed by atoms with E-state index in [9.17, 15) is 0 Å². The molecule has 0 amide bonds. The minimum absolute atomic E-state index is 0. The van der Waals surface area contributed by atoms with Crippen molar-refractivity contribution in [1.82, 2.24) is 0 Å². The fourth-order valence-corrected chi connectivity index (χ4v) is 0. The van der Waals surface area contributed by atoms with Crippen LogP contribution in [0.3, 0.4) is 0 Å². The van der Waals surface area contributed by atoms with Crippen LogP contribution in [-0.2, 0) is 103 Å². The van der Waals surface area contributed by atoms with E-state index in [0.29, 0.717) is 0 Å². The summed E-state index contributed by atoms with van der Waals surface area (Å²) in [5.41, 5.74) is 0. The van der Waals surface area contributed by atoms with Crippen LogP contribution in [0.25, 0.3) is 0 Å². The molecule has 0 aliphatic rings. The van der Waals surface area contributed by atoms with Gasteiger partial charge in [-0.15, -0.1) is 0 Å². The molecule has 0 aromatic carbocycles. The zero-order valence-corrected chi connectivity index (χ0v) is 10.8. The SMILES string of the molecule is [Fe+2].[Mn+2].[O-2].[O-2].[O-2].[O-2].[O-2].[Ti+4].[Zn+2]. The Morgan fingerprint density at radius 1 is 0.556 bits per heavy atom. The predicted octanol–water partition coefficient (Wildman–Crippen LogP) is -0.604. The summed E-state index contributed by atoms with van der Waals surface area (Å²) in [5.74, 6) is 0. The summed E-state index contributed by atoms with van der Waals surface area (Å²) < 4.78 is 0. The summed E-state index contributed by atoms with van der Waals surface area (Å²) in [7, 11) is 0. The van der Waals surface area contributed by atoms with Crippen molar-refractivity contribution in [3.63, 3.8) is 0 Å². The molecule has 0 saturated carbocycles. The Hall–Kier alpha value is 2.18. The predicted molar refractivity (Wildman–Crippen MR) is 3.43 cm³/mol. The van der Waals surface area contributed by atoms with Gasteiger partial charge in [-0.05, 0) is 0 Å². The monoisotopic (exact) mass is 303 g/mol. The Kier molecular flexibility index (Phi) is 4910. The van der Waals surface area contributed by atoms with Gasteiger partial charge in [0, 0.05) is 0 Å². The largest absolute Gasteiger partial charge is 4.00 e. The normalized spacial score (nSPS) is 0. The molecular formula is FeMnO5TiZn. The van der Waals surface area contributed by atoms with Gasteiger partial charge in [0.05, 0.1) is 0 Å². The summed E-state index contributed by atoms with van der Waals surface area (Å²) in [6.45, 7) is 0. The zero-order chi connectivity index (χ0) is 0. The molecule has 0 heterocycles. The van der Waals surface area contributed by atoms with Gasteiger partial charge in [0.15, 0.2) is 0 Å². The number of hydrogen-bond acceptors (Lipinski definition) is 0. The molecule has 0 rings (SSSR count). The summed E-state index contributed by atoms with van der Waals surface area (Å²) in [5, 5.41) is 0. The van der Waals surface area contributed by atoms with E-state index in [1.807, 2.05) is 0 Å². The molecular weight excluding hydrogens is 304 g/mol. The van der Waals surface area contributed by atoms with Gasteiger partial charge in [-0.2, -0.15) is 0 Å². The second-order valence-corrected chi connectivity index (χ2v) is 0. The van der Waals surface area contributed by atoms with Gasteiger partial charge in [0.1, 0.15) is 0 Å². The summed E-state index contributed by atoms with van der Waals surface area (Å²) >= 11 is 0. The first-order chi connectivity index (χ1) is 0. The van der Waals surface area contributed by atoms with Crippen LogP contribution in [0.4, 0.5) is 0 Å². The fraction of sp³-hybridized carbons (Fsp3) is 0. The third-order valence-corrected chi connectivity index (χ3v) is 0.